The second-order valence-electron chi connectivity index (χ2n) is 4.45. The summed E-state index contributed by atoms with van der Waals surface area (Å²) in [6.07, 6.45) is 2.95. The van der Waals surface area contributed by atoms with E-state index in [0.717, 1.165) is 25.0 Å². The fourth-order valence-electron chi connectivity index (χ4n) is 1.85. The first-order valence-corrected chi connectivity index (χ1v) is 6.42. The molecule has 0 aliphatic heterocycles. The lowest BCUT2D eigenvalue weighted by Gasteiger charge is -2.05. The predicted molar refractivity (Wildman–Crippen MR) is 70.9 cm³/mol. The number of H-pyrrole nitrogens is 1. The molecule has 1 rings (SSSR count). The Hall–Kier alpha value is -1.85. The third-order valence-electron chi connectivity index (χ3n) is 2.93. The number of hydrogen-bond donors (Lipinski definition) is 2. The van der Waals surface area contributed by atoms with E-state index in [-0.39, 0.29) is 11.9 Å². The number of hydrogen-bond acceptors (Lipinski definition) is 4. The van der Waals surface area contributed by atoms with E-state index in [1.807, 2.05) is 6.92 Å². The highest BCUT2D eigenvalue weighted by atomic mass is 16.5. The van der Waals surface area contributed by atoms with E-state index in [1.54, 1.807) is 6.92 Å². The maximum Gasteiger partial charge on any atom is 0.305 e. The normalized spacial score (nSPS) is 10.3. The monoisotopic (exact) mass is 267 g/mol. The molecule has 0 atom stereocenters. The summed E-state index contributed by atoms with van der Waals surface area (Å²) >= 11 is 0. The summed E-state index contributed by atoms with van der Waals surface area (Å²) in [6, 6.07) is 0. The lowest BCUT2D eigenvalue weighted by atomic mass is 10.1. The van der Waals surface area contributed by atoms with Crippen LogP contribution >= 0.6 is 0 Å². The van der Waals surface area contributed by atoms with Crippen molar-refractivity contribution in [3.8, 4) is 0 Å². The van der Waals surface area contributed by atoms with Gasteiger partial charge >= 0.3 is 5.97 Å². The molecule has 0 aliphatic carbocycles. The molecule has 1 amide bonds. The summed E-state index contributed by atoms with van der Waals surface area (Å²) in [4.78, 5) is 22.8. The van der Waals surface area contributed by atoms with Crippen LogP contribution in [-0.4, -0.2) is 35.7 Å². The van der Waals surface area contributed by atoms with Crippen LogP contribution in [-0.2, 0) is 9.53 Å². The molecule has 0 aliphatic rings. The Kier molecular flexibility index (Phi) is 6.05. The minimum absolute atomic E-state index is 0.100. The van der Waals surface area contributed by atoms with Crippen LogP contribution in [0.2, 0.25) is 0 Å². The van der Waals surface area contributed by atoms with E-state index in [9.17, 15) is 9.59 Å². The van der Waals surface area contributed by atoms with Crippen LogP contribution in [0, 0.1) is 13.8 Å². The van der Waals surface area contributed by atoms with Gasteiger partial charge in [-0.15, -0.1) is 0 Å². The minimum atomic E-state index is -0.186. The number of ether oxygens (including phenoxy) is 1. The summed E-state index contributed by atoms with van der Waals surface area (Å²) < 4.78 is 4.55. The molecule has 0 fully saturated rings. The van der Waals surface area contributed by atoms with Crippen LogP contribution in [0.5, 0.6) is 0 Å². The Labute approximate surface area is 112 Å². The van der Waals surface area contributed by atoms with Gasteiger partial charge in [0.25, 0.3) is 5.91 Å². The summed E-state index contributed by atoms with van der Waals surface area (Å²) in [6.45, 7) is 4.23. The zero-order valence-electron chi connectivity index (χ0n) is 11.7. The second kappa shape index (κ2) is 7.56. The van der Waals surface area contributed by atoms with Crippen LogP contribution in [0.1, 0.15) is 47.4 Å². The van der Waals surface area contributed by atoms with E-state index < -0.39 is 0 Å². The Morgan fingerprint density at radius 2 is 2.00 bits per heavy atom. The Morgan fingerprint density at radius 3 is 2.58 bits per heavy atom. The number of nitrogens with one attached hydrogen (secondary N) is 2. The van der Waals surface area contributed by atoms with Crippen molar-refractivity contribution in [2.24, 2.45) is 0 Å². The average Bonchev–Trinajstić information content (AvgIpc) is 2.72. The highest BCUT2D eigenvalue weighted by Gasteiger charge is 2.14. The van der Waals surface area contributed by atoms with Crippen LogP contribution < -0.4 is 5.32 Å². The van der Waals surface area contributed by atoms with Gasteiger partial charge in [-0.2, -0.15) is 5.10 Å². The topological polar surface area (TPSA) is 84.1 Å². The molecular weight excluding hydrogens is 246 g/mol. The minimum Gasteiger partial charge on any atom is -0.469 e. The first-order chi connectivity index (χ1) is 9.06. The molecule has 1 heterocycles. The molecule has 2 N–H and O–H groups in total. The number of aromatic nitrogens is 2. The maximum atomic E-state index is 11.9. The number of rotatable bonds is 7. The molecule has 1 aromatic rings. The maximum absolute atomic E-state index is 11.9. The van der Waals surface area contributed by atoms with Crippen LogP contribution in [0.4, 0.5) is 0 Å². The third-order valence-corrected chi connectivity index (χ3v) is 2.93. The molecule has 6 nitrogen and oxygen atoms in total. The van der Waals surface area contributed by atoms with Crippen molar-refractivity contribution < 1.29 is 14.3 Å². The Balaban J connectivity index is 2.20. The van der Waals surface area contributed by atoms with Crippen molar-refractivity contribution in [3.05, 3.63) is 17.0 Å². The van der Waals surface area contributed by atoms with Gasteiger partial charge in [0.2, 0.25) is 0 Å². The van der Waals surface area contributed by atoms with Gasteiger partial charge < -0.3 is 10.1 Å². The number of aromatic amines is 1. The number of unbranched alkanes of at least 4 members (excludes halogenated alkanes) is 2. The molecule has 0 saturated carbocycles. The summed E-state index contributed by atoms with van der Waals surface area (Å²) in [5.74, 6) is -0.287. The SMILES string of the molecule is COC(=O)CCCCCNC(=O)c1c(C)n[nH]c1C. The second-order valence-corrected chi connectivity index (χ2v) is 4.45. The van der Waals surface area contributed by atoms with E-state index >= 15 is 0 Å². The van der Waals surface area contributed by atoms with Gasteiger partial charge in [0, 0.05) is 18.7 Å². The zero-order valence-corrected chi connectivity index (χ0v) is 11.7. The molecule has 0 radical (unpaired) electrons. The van der Waals surface area contributed by atoms with Crippen molar-refractivity contribution >= 4 is 11.9 Å². The molecule has 0 unspecified atom stereocenters. The first-order valence-electron chi connectivity index (χ1n) is 6.42. The van der Waals surface area contributed by atoms with Gasteiger partial charge in [0.05, 0.1) is 18.4 Å². The Bertz CT molecular complexity index is 421. The van der Waals surface area contributed by atoms with Gasteiger partial charge in [0.15, 0.2) is 0 Å². The van der Waals surface area contributed by atoms with Gasteiger partial charge in [0.1, 0.15) is 0 Å². The molecule has 0 saturated heterocycles. The van der Waals surface area contributed by atoms with E-state index in [1.165, 1.54) is 7.11 Å². The highest BCUT2D eigenvalue weighted by molar-refractivity contribution is 5.96. The number of aryl methyl sites for hydroxylation is 2. The van der Waals surface area contributed by atoms with Gasteiger partial charge in [-0.25, -0.2) is 0 Å². The quantitative estimate of drug-likeness (QED) is 0.579. The molecule has 1 aromatic heterocycles. The molecule has 106 valence electrons. The smallest absolute Gasteiger partial charge is 0.305 e. The van der Waals surface area contributed by atoms with Gasteiger partial charge in [-0.1, -0.05) is 6.42 Å². The van der Waals surface area contributed by atoms with Crippen molar-refractivity contribution in [3.63, 3.8) is 0 Å². The largest absolute Gasteiger partial charge is 0.469 e. The number of nitrogens with zero attached hydrogens (tertiary/aromatic N) is 1. The van der Waals surface area contributed by atoms with E-state index in [2.05, 4.69) is 20.3 Å². The molecular formula is C13H21N3O3. The zero-order chi connectivity index (χ0) is 14.3. The van der Waals surface area contributed by atoms with Gasteiger partial charge in [-0.3, -0.25) is 14.7 Å². The van der Waals surface area contributed by atoms with E-state index in [0.29, 0.717) is 24.2 Å². The van der Waals surface area contributed by atoms with Crippen molar-refractivity contribution in [1.29, 1.82) is 0 Å². The number of methoxy groups -OCH3 is 1. The van der Waals surface area contributed by atoms with Crippen molar-refractivity contribution in [2.45, 2.75) is 39.5 Å². The summed E-state index contributed by atoms with van der Waals surface area (Å²) in [7, 11) is 1.39. The molecule has 19 heavy (non-hydrogen) atoms. The fraction of sp³-hybridized carbons (Fsp3) is 0.615. The molecule has 0 bridgehead atoms. The average molecular weight is 267 g/mol. The molecule has 6 heteroatoms. The molecule has 0 spiro atoms. The number of amides is 1. The summed E-state index contributed by atoms with van der Waals surface area (Å²) in [5.41, 5.74) is 2.11. The molecule has 0 aromatic carbocycles. The summed E-state index contributed by atoms with van der Waals surface area (Å²) in [5, 5.41) is 9.63. The number of carbonyl (C=O) groups excluding carboxylic acids is 2. The fourth-order valence-corrected chi connectivity index (χ4v) is 1.85. The highest BCUT2D eigenvalue weighted by Crippen LogP contribution is 2.08. The standard InChI is InChI=1S/C13H21N3O3/c1-9-12(10(2)16-15-9)13(18)14-8-6-4-5-7-11(17)19-3/h4-8H2,1-3H3,(H,14,18)(H,15,16). The lowest BCUT2D eigenvalue weighted by Crippen LogP contribution is -2.25. The van der Waals surface area contributed by atoms with E-state index in [4.69, 9.17) is 0 Å². The van der Waals surface area contributed by atoms with Crippen molar-refractivity contribution in [2.75, 3.05) is 13.7 Å². The Morgan fingerprint density at radius 1 is 1.26 bits per heavy atom. The van der Waals surface area contributed by atoms with Crippen LogP contribution in [0.3, 0.4) is 0 Å². The van der Waals surface area contributed by atoms with Crippen LogP contribution in [0.15, 0.2) is 0 Å². The van der Waals surface area contributed by atoms with Crippen LogP contribution in [0.25, 0.3) is 0 Å². The van der Waals surface area contributed by atoms with Gasteiger partial charge in [-0.05, 0) is 26.7 Å². The number of esters is 1. The predicted octanol–water partition coefficient (Wildman–Crippen LogP) is 1.49. The lowest BCUT2D eigenvalue weighted by molar-refractivity contribution is -0.140. The third kappa shape index (κ3) is 4.73. The first kappa shape index (κ1) is 15.2. The van der Waals surface area contributed by atoms with Crippen molar-refractivity contribution in [1.82, 2.24) is 15.5 Å². The number of carbonyl (C=O) groups is 2.